The lowest BCUT2D eigenvalue weighted by atomic mass is 10.3. The molecular formula is C16H16Br2N2O4S. The molecule has 0 saturated heterocycles. The summed E-state index contributed by atoms with van der Waals surface area (Å²) in [4.78, 5) is 11.5. The van der Waals surface area contributed by atoms with Gasteiger partial charge in [0.2, 0.25) is 0 Å². The number of rotatable bonds is 7. The SMILES string of the molecule is CCNC(=O)COc1cccc(NS(=O)(=O)c2cc(Br)ccc2Br)c1. The maximum Gasteiger partial charge on any atom is 0.263 e. The van der Waals surface area contributed by atoms with Crippen molar-refractivity contribution in [3.63, 3.8) is 0 Å². The Morgan fingerprint density at radius 1 is 1.16 bits per heavy atom. The predicted octanol–water partition coefficient (Wildman–Crippen LogP) is 3.53. The Balaban J connectivity index is 2.15. The fraction of sp³-hybridized carbons (Fsp3) is 0.188. The van der Waals surface area contributed by atoms with Crippen LogP contribution in [0.25, 0.3) is 0 Å². The van der Waals surface area contributed by atoms with Gasteiger partial charge in [-0.2, -0.15) is 0 Å². The summed E-state index contributed by atoms with van der Waals surface area (Å²) >= 11 is 6.50. The average molecular weight is 492 g/mol. The van der Waals surface area contributed by atoms with Crippen LogP contribution in [-0.4, -0.2) is 27.5 Å². The average Bonchev–Trinajstić information content (AvgIpc) is 2.55. The zero-order chi connectivity index (χ0) is 18.4. The minimum atomic E-state index is -3.78. The normalized spacial score (nSPS) is 11.0. The summed E-state index contributed by atoms with van der Waals surface area (Å²) in [5.41, 5.74) is 0.334. The van der Waals surface area contributed by atoms with E-state index < -0.39 is 10.0 Å². The van der Waals surface area contributed by atoms with Crippen LogP contribution in [0.2, 0.25) is 0 Å². The lowest BCUT2D eigenvalue weighted by Gasteiger charge is -2.12. The van der Waals surface area contributed by atoms with Gasteiger partial charge in [-0.25, -0.2) is 8.42 Å². The summed E-state index contributed by atoms with van der Waals surface area (Å²) in [6, 6.07) is 11.3. The Kier molecular flexibility index (Phi) is 6.86. The van der Waals surface area contributed by atoms with E-state index in [1.54, 1.807) is 30.3 Å². The second-order valence-corrected chi connectivity index (χ2v) is 8.37. The molecule has 0 aliphatic carbocycles. The van der Waals surface area contributed by atoms with E-state index in [0.717, 1.165) is 0 Å². The van der Waals surface area contributed by atoms with E-state index in [9.17, 15) is 13.2 Å². The molecule has 2 aromatic rings. The summed E-state index contributed by atoms with van der Waals surface area (Å²) in [6.07, 6.45) is 0. The quantitative estimate of drug-likeness (QED) is 0.620. The van der Waals surface area contributed by atoms with Gasteiger partial charge >= 0.3 is 0 Å². The van der Waals surface area contributed by atoms with E-state index >= 15 is 0 Å². The summed E-state index contributed by atoms with van der Waals surface area (Å²) in [5.74, 6) is 0.145. The van der Waals surface area contributed by atoms with E-state index in [2.05, 4.69) is 41.9 Å². The number of sulfonamides is 1. The molecule has 2 rings (SSSR count). The van der Waals surface area contributed by atoms with Gasteiger partial charge in [0.05, 0.1) is 5.69 Å². The highest BCUT2D eigenvalue weighted by molar-refractivity contribution is 9.11. The number of carbonyl (C=O) groups excluding carboxylic acids is 1. The Morgan fingerprint density at radius 3 is 2.64 bits per heavy atom. The molecule has 0 saturated carbocycles. The molecule has 6 nitrogen and oxygen atoms in total. The molecule has 0 aliphatic rings. The maximum atomic E-state index is 12.6. The van der Waals surface area contributed by atoms with Gasteiger partial charge < -0.3 is 10.1 Å². The van der Waals surface area contributed by atoms with Crippen molar-refractivity contribution in [1.82, 2.24) is 5.32 Å². The molecule has 9 heteroatoms. The fourth-order valence-electron chi connectivity index (χ4n) is 1.94. The maximum absolute atomic E-state index is 12.6. The van der Waals surface area contributed by atoms with Gasteiger partial charge in [-0.15, -0.1) is 0 Å². The van der Waals surface area contributed by atoms with Crippen molar-refractivity contribution in [2.75, 3.05) is 17.9 Å². The minimum absolute atomic E-state index is 0.107. The van der Waals surface area contributed by atoms with Crippen molar-refractivity contribution < 1.29 is 17.9 Å². The van der Waals surface area contributed by atoms with Crippen molar-refractivity contribution in [3.05, 3.63) is 51.4 Å². The number of hydrogen-bond acceptors (Lipinski definition) is 4. The van der Waals surface area contributed by atoms with Crippen LogP contribution in [0.5, 0.6) is 5.75 Å². The summed E-state index contributed by atoms with van der Waals surface area (Å²) in [6.45, 7) is 2.19. The number of carbonyl (C=O) groups is 1. The van der Waals surface area contributed by atoms with Crippen LogP contribution in [0.1, 0.15) is 6.92 Å². The number of ether oxygens (including phenoxy) is 1. The Bertz CT molecular complexity index is 872. The highest BCUT2D eigenvalue weighted by Crippen LogP contribution is 2.28. The van der Waals surface area contributed by atoms with Crippen LogP contribution in [0.4, 0.5) is 5.69 Å². The van der Waals surface area contributed by atoms with E-state index in [0.29, 0.717) is 26.9 Å². The minimum Gasteiger partial charge on any atom is -0.484 e. The van der Waals surface area contributed by atoms with Crippen LogP contribution >= 0.6 is 31.9 Å². The van der Waals surface area contributed by atoms with Crippen LogP contribution in [0.15, 0.2) is 56.3 Å². The Labute approximate surface area is 163 Å². The van der Waals surface area contributed by atoms with Crippen LogP contribution < -0.4 is 14.8 Å². The van der Waals surface area contributed by atoms with Gasteiger partial charge in [0.15, 0.2) is 6.61 Å². The number of anilines is 1. The molecule has 0 fully saturated rings. The molecule has 0 unspecified atom stereocenters. The number of amides is 1. The molecule has 0 bridgehead atoms. The predicted molar refractivity (Wildman–Crippen MR) is 103 cm³/mol. The van der Waals surface area contributed by atoms with Crippen LogP contribution in [-0.2, 0) is 14.8 Å². The molecule has 0 radical (unpaired) electrons. The first-order chi connectivity index (χ1) is 11.8. The van der Waals surface area contributed by atoms with E-state index in [1.807, 2.05) is 6.92 Å². The van der Waals surface area contributed by atoms with Gasteiger partial charge in [0.25, 0.3) is 15.9 Å². The highest BCUT2D eigenvalue weighted by atomic mass is 79.9. The molecule has 0 spiro atoms. The van der Waals surface area contributed by atoms with Gasteiger partial charge in [-0.1, -0.05) is 22.0 Å². The number of hydrogen-bond donors (Lipinski definition) is 2. The number of halogens is 2. The molecular weight excluding hydrogens is 476 g/mol. The monoisotopic (exact) mass is 490 g/mol. The fourth-order valence-corrected chi connectivity index (χ4v) is 4.49. The van der Waals surface area contributed by atoms with Crippen LogP contribution in [0.3, 0.4) is 0 Å². The number of benzene rings is 2. The van der Waals surface area contributed by atoms with Gasteiger partial charge in [0, 0.05) is 21.6 Å². The van der Waals surface area contributed by atoms with E-state index in [1.165, 1.54) is 12.1 Å². The Hall–Kier alpha value is -1.58. The highest BCUT2D eigenvalue weighted by Gasteiger charge is 2.18. The number of nitrogens with one attached hydrogen (secondary N) is 2. The third-order valence-electron chi connectivity index (χ3n) is 3.01. The first kappa shape index (κ1) is 19.7. The third kappa shape index (κ3) is 5.72. The van der Waals surface area contributed by atoms with Crippen LogP contribution in [0, 0.1) is 0 Å². The second kappa shape index (κ2) is 8.68. The first-order valence-electron chi connectivity index (χ1n) is 7.29. The second-order valence-electron chi connectivity index (χ2n) is 4.95. The van der Waals surface area contributed by atoms with Crippen molar-refractivity contribution in [1.29, 1.82) is 0 Å². The summed E-state index contributed by atoms with van der Waals surface area (Å²) in [5, 5.41) is 2.62. The summed E-state index contributed by atoms with van der Waals surface area (Å²) < 4.78 is 34.1. The Morgan fingerprint density at radius 2 is 1.92 bits per heavy atom. The molecule has 0 heterocycles. The summed E-state index contributed by atoms with van der Waals surface area (Å²) in [7, 11) is -3.78. The zero-order valence-corrected chi connectivity index (χ0v) is 17.2. The molecule has 0 atom stereocenters. The molecule has 1 amide bonds. The molecule has 25 heavy (non-hydrogen) atoms. The van der Waals surface area contributed by atoms with Crippen molar-refractivity contribution >= 4 is 53.5 Å². The van der Waals surface area contributed by atoms with Gasteiger partial charge in [-0.3, -0.25) is 9.52 Å². The zero-order valence-electron chi connectivity index (χ0n) is 13.3. The molecule has 0 aliphatic heterocycles. The molecule has 134 valence electrons. The topological polar surface area (TPSA) is 84.5 Å². The van der Waals surface area contributed by atoms with Crippen molar-refractivity contribution in [2.24, 2.45) is 0 Å². The van der Waals surface area contributed by atoms with E-state index in [-0.39, 0.29) is 17.4 Å². The van der Waals surface area contributed by atoms with Gasteiger partial charge in [0.1, 0.15) is 10.6 Å². The lowest BCUT2D eigenvalue weighted by molar-refractivity contribution is -0.122. The smallest absolute Gasteiger partial charge is 0.263 e. The van der Waals surface area contributed by atoms with E-state index in [4.69, 9.17) is 4.74 Å². The third-order valence-corrected chi connectivity index (χ3v) is 5.88. The molecule has 2 aromatic carbocycles. The van der Waals surface area contributed by atoms with Gasteiger partial charge in [-0.05, 0) is 53.2 Å². The first-order valence-corrected chi connectivity index (χ1v) is 10.4. The molecule has 0 aromatic heterocycles. The van der Waals surface area contributed by atoms with Crippen molar-refractivity contribution in [3.8, 4) is 5.75 Å². The van der Waals surface area contributed by atoms with Crippen molar-refractivity contribution in [2.45, 2.75) is 11.8 Å². The standard InChI is InChI=1S/C16H16Br2N2O4S/c1-2-19-16(21)10-24-13-5-3-4-12(9-13)20-25(22,23)15-8-11(17)6-7-14(15)18/h3-9,20H,2,10H2,1H3,(H,19,21). The largest absolute Gasteiger partial charge is 0.484 e. The lowest BCUT2D eigenvalue weighted by Crippen LogP contribution is -2.28. The molecule has 2 N–H and O–H groups in total. The number of likely N-dealkylation sites (N-methyl/N-ethyl adjacent to an activating group) is 1.